The molecule has 11 nitrogen and oxygen atoms in total. The van der Waals surface area contributed by atoms with Crippen LogP contribution in [0.3, 0.4) is 0 Å². The molecule has 1 saturated heterocycles. The van der Waals surface area contributed by atoms with Gasteiger partial charge in [-0.3, -0.25) is 19.1 Å². The molecule has 4 aromatic rings. The number of halogens is 1. The molecule has 0 unspecified atom stereocenters. The number of nitrogens with zero attached hydrogens (tertiary/aromatic N) is 5. The van der Waals surface area contributed by atoms with Gasteiger partial charge in [-0.25, -0.2) is 18.2 Å². The van der Waals surface area contributed by atoms with Crippen LogP contribution in [0, 0.1) is 6.92 Å². The Morgan fingerprint density at radius 2 is 1.74 bits per heavy atom. The van der Waals surface area contributed by atoms with Gasteiger partial charge >= 0.3 is 6.03 Å². The number of hydrogen-bond acceptors (Lipinski definition) is 7. The number of hydrogen-bond donors (Lipinski definition) is 1. The predicted molar refractivity (Wildman–Crippen MR) is 159 cm³/mol. The highest BCUT2D eigenvalue weighted by Crippen LogP contribution is 2.27. The van der Waals surface area contributed by atoms with Crippen molar-refractivity contribution in [1.29, 1.82) is 0 Å². The highest BCUT2D eigenvalue weighted by molar-refractivity contribution is 7.91. The Morgan fingerprint density at radius 3 is 2.47 bits per heavy atom. The molecule has 43 heavy (non-hydrogen) atoms. The van der Waals surface area contributed by atoms with Gasteiger partial charge in [-0.15, -0.1) is 0 Å². The predicted octanol–water partition coefficient (Wildman–Crippen LogP) is 3.44. The highest BCUT2D eigenvalue weighted by atomic mass is 35.5. The number of rotatable bonds is 7. The van der Waals surface area contributed by atoms with Gasteiger partial charge in [0.1, 0.15) is 11.9 Å². The van der Waals surface area contributed by atoms with E-state index < -0.39 is 33.4 Å². The van der Waals surface area contributed by atoms with Crippen LogP contribution in [0.25, 0.3) is 10.8 Å². The topological polar surface area (TPSA) is 135 Å². The van der Waals surface area contributed by atoms with Crippen LogP contribution in [0.4, 0.5) is 4.79 Å². The Labute approximate surface area is 253 Å². The maximum absolute atomic E-state index is 13.8. The highest BCUT2D eigenvalue weighted by Gasteiger charge is 2.38. The number of carbonyl (C=O) groups is 3. The van der Waals surface area contributed by atoms with Crippen molar-refractivity contribution in [2.24, 2.45) is 0 Å². The summed E-state index contributed by atoms with van der Waals surface area (Å²) in [6, 6.07) is 11.3. The lowest BCUT2D eigenvalue weighted by Crippen LogP contribution is -2.55. The Kier molecular flexibility index (Phi) is 7.65. The number of benzene rings is 2. The van der Waals surface area contributed by atoms with E-state index in [4.69, 9.17) is 11.6 Å². The average Bonchev–Trinajstić information content (AvgIpc) is 3.55. The second-order valence-corrected chi connectivity index (χ2v) is 13.3. The van der Waals surface area contributed by atoms with Crippen molar-refractivity contribution in [3.05, 3.63) is 89.2 Å². The fraction of sp³-hybridized carbons (Fsp3) is 0.300. The van der Waals surface area contributed by atoms with E-state index in [-0.39, 0.29) is 22.5 Å². The summed E-state index contributed by atoms with van der Waals surface area (Å²) in [7, 11) is -4.00. The minimum Gasteiger partial charge on any atom is -0.341 e. The number of amides is 3. The summed E-state index contributed by atoms with van der Waals surface area (Å²) < 4.78 is 28.8. The molecule has 0 saturated carbocycles. The number of carbonyl (C=O) groups excluding carboxylic acids is 3. The third-order valence-corrected chi connectivity index (χ3v) is 10.0. The number of likely N-dealkylation sites (tertiary alicyclic amines) is 1. The van der Waals surface area contributed by atoms with E-state index in [1.54, 1.807) is 57.8 Å². The van der Waals surface area contributed by atoms with Crippen molar-refractivity contribution in [3.63, 3.8) is 0 Å². The summed E-state index contributed by atoms with van der Waals surface area (Å²) in [5.74, 6) is -1.04. The van der Waals surface area contributed by atoms with Crippen LogP contribution in [0.5, 0.6) is 0 Å². The summed E-state index contributed by atoms with van der Waals surface area (Å²) in [4.78, 5) is 51.4. The Balaban J connectivity index is 1.20. The SMILES string of the molecule is Cc1ncc2n1C(=O)N(C1CCN(C(=O)[C@@H](CS(=O)(=O)c3ccc4cc(Cl)ccc4c3)NC(=O)c3ccncc3)CC1)C2. The van der Waals surface area contributed by atoms with Crippen LogP contribution in [0.15, 0.2) is 72.0 Å². The minimum absolute atomic E-state index is 0.0400. The molecule has 222 valence electrons. The standard InChI is InChI=1S/C30H29ClN6O5S/c1-19-33-16-25-17-36(30(40)37(19)25)24-8-12-35(13-9-24)29(39)27(34-28(38)20-6-10-32-11-7-20)18-43(41,42)26-5-3-21-14-23(31)4-2-22(21)15-26/h2-7,10-11,14-16,24,27H,8-9,12-13,17-18H2,1H3,(H,34,38)/t27-/m1/s1. The van der Waals surface area contributed by atoms with E-state index in [1.807, 2.05) is 0 Å². The second-order valence-electron chi connectivity index (χ2n) is 10.8. The van der Waals surface area contributed by atoms with E-state index in [9.17, 15) is 22.8 Å². The zero-order valence-electron chi connectivity index (χ0n) is 23.3. The first-order valence-corrected chi connectivity index (χ1v) is 15.9. The molecule has 2 aliphatic rings. The van der Waals surface area contributed by atoms with Gasteiger partial charge in [0.25, 0.3) is 5.91 Å². The van der Waals surface area contributed by atoms with Crippen LogP contribution < -0.4 is 5.32 Å². The van der Waals surface area contributed by atoms with Crippen molar-refractivity contribution < 1.29 is 22.8 Å². The molecule has 1 fully saturated rings. The summed E-state index contributed by atoms with van der Waals surface area (Å²) in [5, 5.41) is 4.66. The van der Waals surface area contributed by atoms with Crippen LogP contribution in [0.1, 0.15) is 34.7 Å². The van der Waals surface area contributed by atoms with Gasteiger partial charge in [-0.05, 0) is 66.9 Å². The molecule has 6 rings (SSSR count). The number of sulfone groups is 1. The van der Waals surface area contributed by atoms with Crippen molar-refractivity contribution in [1.82, 2.24) is 29.7 Å². The van der Waals surface area contributed by atoms with Gasteiger partial charge in [0.2, 0.25) is 5.91 Å². The van der Waals surface area contributed by atoms with E-state index >= 15 is 0 Å². The molecule has 0 radical (unpaired) electrons. The second kappa shape index (κ2) is 11.4. The van der Waals surface area contributed by atoms with Gasteiger partial charge in [0.05, 0.1) is 29.1 Å². The molecule has 1 N–H and O–H groups in total. The Bertz CT molecular complexity index is 1840. The lowest BCUT2D eigenvalue weighted by atomic mass is 10.0. The zero-order chi connectivity index (χ0) is 30.3. The smallest absolute Gasteiger partial charge is 0.330 e. The van der Waals surface area contributed by atoms with Crippen molar-refractivity contribution >= 4 is 50.1 Å². The normalized spacial score (nSPS) is 16.4. The number of nitrogens with one attached hydrogen (secondary N) is 1. The minimum atomic E-state index is -4.00. The van der Waals surface area contributed by atoms with Crippen LogP contribution >= 0.6 is 11.6 Å². The number of imidazole rings is 1. The number of aryl methyl sites for hydroxylation is 1. The molecule has 0 aliphatic carbocycles. The van der Waals surface area contributed by atoms with E-state index in [1.165, 1.54) is 30.6 Å². The number of piperidine rings is 1. The number of fused-ring (bicyclic) bond motifs is 2. The number of aromatic nitrogens is 3. The lowest BCUT2D eigenvalue weighted by Gasteiger charge is -2.37. The molecular weight excluding hydrogens is 592 g/mol. The molecule has 0 spiro atoms. The van der Waals surface area contributed by atoms with Gasteiger partial charge in [-0.1, -0.05) is 23.7 Å². The van der Waals surface area contributed by atoms with Gasteiger partial charge in [0, 0.05) is 42.1 Å². The van der Waals surface area contributed by atoms with Crippen molar-refractivity contribution in [3.8, 4) is 0 Å². The maximum Gasteiger partial charge on any atom is 0.330 e. The quantitative estimate of drug-likeness (QED) is 0.334. The Hall–Kier alpha value is -4.29. The summed E-state index contributed by atoms with van der Waals surface area (Å²) >= 11 is 6.07. The third-order valence-electron chi connectivity index (χ3n) is 8.06. The largest absolute Gasteiger partial charge is 0.341 e. The van der Waals surface area contributed by atoms with Crippen LogP contribution in [-0.4, -0.2) is 81.5 Å². The molecule has 2 aromatic heterocycles. The first-order valence-electron chi connectivity index (χ1n) is 13.9. The average molecular weight is 621 g/mol. The van der Waals surface area contributed by atoms with E-state index in [2.05, 4.69) is 15.3 Å². The molecule has 4 heterocycles. The number of pyridine rings is 1. The first kappa shape index (κ1) is 28.8. The van der Waals surface area contributed by atoms with Gasteiger partial charge < -0.3 is 15.1 Å². The summed E-state index contributed by atoms with van der Waals surface area (Å²) in [6.07, 6.45) is 5.65. The molecule has 2 aromatic carbocycles. The fourth-order valence-electron chi connectivity index (χ4n) is 5.76. The van der Waals surface area contributed by atoms with Crippen LogP contribution in [-0.2, 0) is 21.2 Å². The molecule has 0 bridgehead atoms. The fourth-order valence-corrected chi connectivity index (χ4v) is 7.38. The van der Waals surface area contributed by atoms with E-state index in [0.717, 1.165) is 11.1 Å². The molecule has 2 aliphatic heterocycles. The monoisotopic (exact) mass is 620 g/mol. The zero-order valence-corrected chi connectivity index (χ0v) is 24.9. The van der Waals surface area contributed by atoms with Crippen molar-refractivity contribution in [2.45, 2.75) is 43.3 Å². The third kappa shape index (κ3) is 5.72. The molecular formula is C30H29ClN6O5S. The van der Waals surface area contributed by atoms with Gasteiger partial charge in [0.15, 0.2) is 9.84 Å². The van der Waals surface area contributed by atoms with Crippen molar-refractivity contribution in [2.75, 3.05) is 18.8 Å². The molecule has 3 amide bonds. The molecule has 13 heteroatoms. The molecule has 1 atom stereocenters. The summed E-state index contributed by atoms with van der Waals surface area (Å²) in [6.45, 7) is 2.88. The van der Waals surface area contributed by atoms with Crippen LogP contribution in [0.2, 0.25) is 5.02 Å². The van der Waals surface area contributed by atoms with E-state index in [0.29, 0.717) is 48.7 Å². The first-order chi connectivity index (χ1) is 20.6. The lowest BCUT2D eigenvalue weighted by molar-refractivity contribution is -0.134. The summed E-state index contributed by atoms with van der Waals surface area (Å²) in [5.41, 5.74) is 1.09. The van der Waals surface area contributed by atoms with Gasteiger partial charge in [-0.2, -0.15) is 0 Å². The maximum atomic E-state index is 13.8. The Morgan fingerprint density at radius 1 is 1.05 bits per heavy atom.